The van der Waals surface area contributed by atoms with Crippen LogP contribution in [0.4, 0.5) is 4.39 Å². The van der Waals surface area contributed by atoms with E-state index in [2.05, 4.69) is 0 Å². The van der Waals surface area contributed by atoms with E-state index in [4.69, 9.17) is 28.4 Å². The molecular formula is C19H27FO11. The number of hydrogen-bond acceptors (Lipinski definition) is 11. The minimum absolute atomic E-state index is 0.0417. The second-order valence-corrected chi connectivity index (χ2v) is 6.75. The second-order valence-electron chi connectivity index (χ2n) is 6.75. The Hall–Kier alpha value is -2.76. The molecule has 0 spiro atoms. The van der Waals surface area contributed by atoms with Crippen LogP contribution in [0.5, 0.6) is 0 Å². The van der Waals surface area contributed by atoms with Crippen molar-refractivity contribution in [3.8, 4) is 0 Å². The van der Waals surface area contributed by atoms with Gasteiger partial charge in [0.05, 0.1) is 6.67 Å². The minimum Gasteiger partial charge on any atom is -0.455 e. The van der Waals surface area contributed by atoms with E-state index in [1.165, 1.54) is 0 Å². The average molecular weight is 450 g/mol. The molecule has 31 heavy (non-hydrogen) atoms. The number of alkyl halides is 1. The molecule has 0 aliphatic heterocycles. The number of ether oxygens (including phenoxy) is 6. The molecule has 176 valence electrons. The Morgan fingerprint density at radius 3 is 1.03 bits per heavy atom. The predicted octanol–water partition coefficient (Wildman–Crippen LogP) is 0.403. The monoisotopic (exact) mass is 450 g/mol. The van der Waals surface area contributed by atoms with Crippen molar-refractivity contribution < 1.29 is 56.8 Å². The van der Waals surface area contributed by atoms with Gasteiger partial charge in [-0.2, -0.15) is 0 Å². The van der Waals surface area contributed by atoms with E-state index in [1.54, 1.807) is 0 Å². The van der Waals surface area contributed by atoms with Crippen LogP contribution in [0.2, 0.25) is 0 Å². The Labute approximate surface area is 178 Å². The molecule has 0 saturated heterocycles. The van der Waals surface area contributed by atoms with E-state index in [0.29, 0.717) is 0 Å². The second kappa shape index (κ2) is 12.2. The van der Waals surface area contributed by atoms with Crippen molar-refractivity contribution >= 4 is 29.8 Å². The summed E-state index contributed by atoms with van der Waals surface area (Å²) >= 11 is 0. The summed E-state index contributed by atoms with van der Waals surface area (Å²) in [5.41, 5.74) is 0. The molecule has 0 heterocycles. The molecule has 4 unspecified atom stereocenters. The minimum atomic E-state index is -1.50. The maximum Gasteiger partial charge on any atom is 0.303 e. The molecule has 1 aliphatic rings. The van der Waals surface area contributed by atoms with E-state index >= 15 is 0 Å². The third-order valence-electron chi connectivity index (χ3n) is 4.04. The Morgan fingerprint density at radius 2 is 0.806 bits per heavy atom. The summed E-state index contributed by atoms with van der Waals surface area (Å²) in [6.45, 7) is 4.42. The SMILES string of the molecule is CC(=O)OC1C(OC(C)=O)[C@H](OC(C)=O)C(OC(C)=O)C(OC(C)=O)[C@@H]1OCCCF. The van der Waals surface area contributed by atoms with Crippen molar-refractivity contribution in [2.75, 3.05) is 13.3 Å². The van der Waals surface area contributed by atoms with Crippen LogP contribution in [0.25, 0.3) is 0 Å². The van der Waals surface area contributed by atoms with Gasteiger partial charge in [-0.15, -0.1) is 0 Å². The first-order valence-electron chi connectivity index (χ1n) is 9.51. The molecule has 0 aromatic heterocycles. The molecule has 0 aromatic carbocycles. The van der Waals surface area contributed by atoms with Crippen LogP contribution in [-0.4, -0.2) is 79.8 Å². The summed E-state index contributed by atoms with van der Waals surface area (Å²) in [5, 5.41) is 0. The fourth-order valence-corrected chi connectivity index (χ4v) is 3.21. The van der Waals surface area contributed by atoms with Crippen LogP contribution in [0.15, 0.2) is 0 Å². The van der Waals surface area contributed by atoms with Gasteiger partial charge in [-0.1, -0.05) is 0 Å². The fourth-order valence-electron chi connectivity index (χ4n) is 3.21. The largest absolute Gasteiger partial charge is 0.455 e. The number of rotatable bonds is 9. The highest BCUT2D eigenvalue weighted by atomic mass is 19.1. The molecular weight excluding hydrogens is 423 g/mol. The van der Waals surface area contributed by atoms with Gasteiger partial charge < -0.3 is 28.4 Å². The normalized spacial score (nSPS) is 27.5. The Bertz CT molecular complexity index is 636. The van der Waals surface area contributed by atoms with Crippen molar-refractivity contribution in [1.29, 1.82) is 0 Å². The molecule has 4 atom stereocenters. The van der Waals surface area contributed by atoms with Crippen molar-refractivity contribution in [3.05, 3.63) is 0 Å². The van der Waals surface area contributed by atoms with Crippen LogP contribution in [0.1, 0.15) is 41.0 Å². The molecule has 1 rings (SSSR count). The summed E-state index contributed by atoms with van der Waals surface area (Å²) < 4.78 is 44.5. The predicted molar refractivity (Wildman–Crippen MR) is 98.1 cm³/mol. The van der Waals surface area contributed by atoms with E-state index < -0.39 is 73.1 Å². The quantitative estimate of drug-likeness (QED) is 0.274. The number of hydrogen-bond donors (Lipinski definition) is 0. The van der Waals surface area contributed by atoms with Crippen LogP contribution in [-0.2, 0) is 52.4 Å². The van der Waals surface area contributed by atoms with Crippen LogP contribution in [0, 0.1) is 0 Å². The van der Waals surface area contributed by atoms with E-state index in [1.807, 2.05) is 0 Å². The first kappa shape index (κ1) is 26.3. The van der Waals surface area contributed by atoms with E-state index in [9.17, 15) is 28.4 Å². The molecule has 12 heteroatoms. The number of carbonyl (C=O) groups excluding carboxylic acids is 5. The van der Waals surface area contributed by atoms with Gasteiger partial charge in [-0.3, -0.25) is 28.4 Å². The maximum absolute atomic E-state index is 12.6. The lowest BCUT2D eigenvalue weighted by atomic mass is 9.83. The zero-order valence-electron chi connectivity index (χ0n) is 18.0. The van der Waals surface area contributed by atoms with Gasteiger partial charge in [0.1, 0.15) is 6.10 Å². The number of carbonyl (C=O) groups is 5. The van der Waals surface area contributed by atoms with Gasteiger partial charge in [0.15, 0.2) is 30.5 Å². The van der Waals surface area contributed by atoms with Gasteiger partial charge in [-0.05, 0) is 6.42 Å². The summed E-state index contributed by atoms with van der Waals surface area (Å²) in [6.07, 6.45) is -8.68. The molecule has 0 bridgehead atoms. The van der Waals surface area contributed by atoms with Crippen LogP contribution >= 0.6 is 0 Å². The Kier molecular flexibility index (Phi) is 10.3. The molecule has 1 fully saturated rings. The molecule has 0 amide bonds. The van der Waals surface area contributed by atoms with Crippen LogP contribution in [0.3, 0.4) is 0 Å². The number of halogens is 1. The van der Waals surface area contributed by atoms with Gasteiger partial charge in [0.25, 0.3) is 0 Å². The molecule has 0 aromatic rings. The van der Waals surface area contributed by atoms with E-state index in [0.717, 1.165) is 34.6 Å². The maximum atomic E-state index is 12.6. The first-order chi connectivity index (χ1) is 14.5. The summed E-state index contributed by atoms with van der Waals surface area (Å²) in [6, 6.07) is 0. The van der Waals surface area contributed by atoms with Gasteiger partial charge >= 0.3 is 29.8 Å². The van der Waals surface area contributed by atoms with E-state index in [-0.39, 0.29) is 13.0 Å². The topological polar surface area (TPSA) is 141 Å². The highest BCUT2D eigenvalue weighted by Gasteiger charge is 2.59. The fraction of sp³-hybridized carbons (Fsp3) is 0.737. The van der Waals surface area contributed by atoms with Crippen molar-refractivity contribution in [2.45, 2.75) is 77.7 Å². The Morgan fingerprint density at radius 1 is 0.548 bits per heavy atom. The highest BCUT2D eigenvalue weighted by Crippen LogP contribution is 2.34. The zero-order chi connectivity index (χ0) is 23.7. The lowest BCUT2D eigenvalue weighted by molar-refractivity contribution is -0.262. The smallest absolute Gasteiger partial charge is 0.303 e. The molecule has 11 nitrogen and oxygen atoms in total. The third-order valence-corrected chi connectivity index (χ3v) is 4.04. The zero-order valence-corrected chi connectivity index (χ0v) is 18.0. The summed E-state index contributed by atoms with van der Waals surface area (Å²) in [4.78, 5) is 58.7. The first-order valence-corrected chi connectivity index (χ1v) is 9.51. The molecule has 1 saturated carbocycles. The van der Waals surface area contributed by atoms with Crippen molar-refractivity contribution in [3.63, 3.8) is 0 Å². The molecule has 0 N–H and O–H groups in total. The van der Waals surface area contributed by atoms with Gasteiger partial charge in [0.2, 0.25) is 0 Å². The number of esters is 5. The third kappa shape index (κ3) is 8.12. The molecule has 0 radical (unpaired) electrons. The van der Waals surface area contributed by atoms with Crippen LogP contribution < -0.4 is 0 Å². The van der Waals surface area contributed by atoms with Gasteiger partial charge in [-0.25, -0.2) is 0 Å². The highest BCUT2D eigenvalue weighted by molar-refractivity contribution is 5.70. The van der Waals surface area contributed by atoms with Crippen molar-refractivity contribution in [2.24, 2.45) is 0 Å². The van der Waals surface area contributed by atoms with Gasteiger partial charge in [0, 0.05) is 41.2 Å². The Balaban J connectivity index is 3.58. The molecule has 1 aliphatic carbocycles. The summed E-state index contributed by atoms with van der Waals surface area (Å²) in [7, 11) is 0. The standard InChI is InChI=1S/C19H27FO11/c1-9(21)27-15-14(26-8-6-7-20)16(28-10(2)22)18(30-12(4)24)19(31-13(5)25)17(15)29-11(3)23/h14-19H,6-8H2,1-5H3/t14-,15?,16?,17?,18?,19+. The van der Waals surface area contributed by atoms with Crippen molar-refractivity contribution in [1.82, 2.24) is 0 Å². The lowest BCUT2D eigenvalue weighted by Crippen LogP contribution is -2.68. The summed E-state index contributed by atoms with van der Waals surface area (Å²) in [5.74, 6) is -4.10. The average Bonchev–Trinajstić information content (AvgIpc) is 2.61. The lowest BCUT2D eigenvalue weighted by Gasteiger charge is -2.47.